The van der Waals surface area contributed by atoms with Crippen LogP contribution in [0.1, 0.15) is 0 Å². The van der Waals surface area contributed by atoms with E-state index in [-0.39, 0.29) is 0 Å². The van der Waals surface area contributed by atoms with Crippen LogP contribution in [-0.2, 0) is 18.2 Å². The molecule has 0 aliphatic carbocycles. The molecule has 0 aliphatic rings. The summed E-state index contributed by atoms with van der Waals surface area (Å²) in [5.74, 6) is 0. The van der Waals surface area contributed by atoms with Crippen molar-refractivity contribution in [3.63, 3.8) is 0 Å². The van der Waals surface area contributed by atoms with E-state index in [0.717, 1.165) is 0 Å². The molecule has 25 valence electrons. The Balaban J connectivity index is 0. The van der Waals surface area contributed by atoms with Gasteiger partial charge in [0, 0.05) is 0 Å². The topological polar surface area (TPSA) is 0 Å². The molecule has 0 fully saturated rings. The van der Waals surface area contributed by atoms with Crippen molar-refractivity contribution in [1.29, 1.82) is 0 Å². The van der Waals surface area contributed by atoms with Gasteiger partial charge < -0.3 is 0 Å². The summed E-state index contributed by atoms with van der Waals surface area (Å²) in [7, 11) is 9.13. The quantitative estimate of drug-likeness (QED) is 0.493. The maximum atomic E-state index is 4.64. The van der Waals surface area contributed by atoms with Gasteiger partial charge in [-0.3, -0.25) is 0 Å². The molecule has 0 rings (SSSR count). The zero-order valence-corrected chi connectivity index (χ0v) is 5.14. The molecule has 0 aromatic rings. The van der Waals surface area contributed by atoms with E-state index in [1.165, 1.54) is 16.7 Å². The van der Waals surface area contributed by atoms with Crippen LogP contribution in [0.2, 0.25) is 0 Å². The normalized spacial score (nSPS) is 3.50. The molecule has 0 unspecified atom stereocenters. The Hall–Kier alpha value is 1.84. The second-order valence-electron chi connectivity index (χ2n) is 0. The zero-order valence-electron chi connectivity index (χ0n) is 2.07. The molecule has 0 spiro atoms. The van der Waals surface area contributed by atoms with Crippen molar-refractivity contribution in [3.8, 4) is 0 Å². The van der Waals surface area contributed by atoms with Gasteiger partial charge in [0.05, 0.1) is 0 Å². The van der Waals surface area contributed by atoms with Gasteiger partial charge in [-0.1, -0.05) is 0 Å². The first-order valence-corrected chi connectivity index (χ1v) is 3.26. The molecule has 0 radical (unpaired) electrons. The minimum absolute atomic E-state index is 1.47. The van der Waals surface area contributed by atoms with Gasteiger partial charge in [0.15, 0.2) is 0 Å². The minimum atomic E-state index is 1.47. The summed E-state index contributed by atoms with van der Waals surface area (Å²) in [5, 5.41) is 0. The van der Waals surface area contributed by atoms with Crippen molar-refractivity contribution < 1.29 is 18.2 Å². The van der Waals surface area contributed by atoms with E-state index >= 15 is 0 Å². The zero-order chi connectivity index (χ0) is 4.00. The first kappa shape index (κ1) is 9.28. The van der Waals surface area contributed by atoms with Crippen molar-refractivity contribution >= 4 is 36.1 Å². The van der Waals surface area contributed by atoms with Gasteiger partial charge in [-0.05, 0) is 0 Å². The average Bonchev–Trinajstić information content (AvgIpc) is 1.50. The summed E-state index contributed by atoms with van der Waals surface area (Å²) < 4.78 is 0. The summed E-state index contributed by atoms with van der Waals surface area (Å²) in [5.41, 5.74) is 0. The van der Waals surface area contributed by atoms with Crippen LogP contribution in [0.5, 0.6) is 0 Å². The molecule has 0 aliphatic heterocycles. The second-order valence-corrected chi connectivity index (χ2v) is 0. The molecule has 0 bridgehead atoms. The van der Waals surface area contributed by atoms with Gasteiger partial charge in [0.2, 0.25) is 0 Å². The third-order valence-corrected chi connectivity index (χ3v) is 0. The van der Waals surface area contributed by atoms with Crippen LogP contribution >= 0.6 is 19.3 Å². The van der Waals surface area contributed by atoms with E-state index in [1.54, 1.807) is 0 Å². The molecule has 0 saturated carbocycles. The van der Waals surface area contributed by atoms with Gasteiger partial charge in [-0.2, -0.15) is 0 Å². The summed E-state index contributed by atoms with van der Waals surface area (Å²) in [6.07, 6.45) is 0. The van der Waals surface area contributed by atoms with Crippen molar-refractivity contribution in [2.45, 2.75) is 0 Å². The van der Waals surface area contributed by atoms with Crippen molar-refractivity contribution in [2.24, 2.45) is 0 Å². The molecule has 0 aromatic heterocycles. The van der Waals surface area contributed by atoms with Gasteiger partial charge in [0.1, 0.15) is 0 Å². The van der Waals surface area contributed by atoms with Crippen LogP contribution in [0, 0.1) is 0 Å². The molecular weight excluding hydrogens is 184 g/mol. The average molecular weight is 184 g/mol. The third kappa shape index (κ3) is 9.15. The van der Waals surface area contributed by atoms with Crippen LogP contribution < -0.4 is 0 Å². The van der Waals surface area contributed by atoms with Crippen molar-refractivity contribution in [3.05, 3.63) is 0 Å². The summed E-state index contributed by atoms with van der Waals surface area (Å²) in [6.45, 7) is 0. The summed E-state index contributed by atoms with van der Waals surface area (Å²) in [4.78, 5) is 0. The van der Waals surface area contributed by atoms with Gasteiger partial charge in [-0.15, -0.1) is 0 Å². The molecule has 4 heteroatoms. The molecule has 0 amide bonds. The summed E-state index contributed by atoms with van der Waals surface area (Å²) in [6, 6.07) is 0. The number of rotatable bonds is 0. The molecular formula is Cl2LiPd. The fourth-order valence-electron chi connectivity index (χ4n) is 0. The third-order valence-electron chi connectivity index (χ3n) is 0. The molecule has 0 heterocycles. The van der Waals surface area contributed by atoms with E-state index < -0.39 is 0 Å². The monoisotopic (exact) mass is 183 g/mol. The number of hydrogen-bond acceptors (Lipinski definition) is 0. The van der Waals surface area contributed by atoms with Crippen LogP contribution in [0.3, 0.4) is 0 Å². The Morgan fingerprint density at radius 1 is 1.25 bits per heavy atom. The van der Waals surface area contributed by atoms with Crippen molar-refractivity contribution in [1.82, 2.24) is 0 Å². The predicted octanol–water partition coefficient (Wildman–Crippen LogP) is 0.996. The standard InChI is InChI=1S/2ClH.Li.Pd/h2*1H;;/q;;2*+1/p-2. The molecule has 0 nitrogen and oxygen atoms in total. The van der Waals surface area contributed by atoms with Crippen molar-refractivity contribution in [2.75, 3.05) is 0 Å². The molecule has 0 N–H and O–H groups in total. The molecule has 0 aromatic carbocycles. The fourth-order valence-corrected chi connectivity index (χ4v) is 0. The van der Waals surface area contributed by atoms with Crippen LogP contribution in [-0.4, -0.2) is 16.7 Å². The summed E-state index contributed by atoms with van der Waals surface area (Å²) >= 11 is 3.69. The Kier molecular flexibility index (Phi) is 48.9. The van der Waals surface area contributed by atoms with E-state index in [0.29, 0.717) is 0 Å². The van der Waals surface area contributed by atoms with Gasteiger partial charge in [-0.25, -0.2) is 0 Å². The first-order valence-electron chi connectivity index (χ1n) is 0.497. The van der Waals surface area contributed by atoms with Crippen LogP contribution in [0.25, 0.3) is 0 Å². The predicted molar refractivity (Wildman–Crippen MR) is 17.5 cm³/mol. The molecule has 0 atom stereocenters. The first-order chi connectivity index (χ1) is 2.00. The molecule has 0 saturated heterocycles. The van der Waals surface area contributed by atoms with Gasteiger partial charge >= 0.3 is 54.3 Å². The Morgan fingerprint density at radius 2 is 1.25 bits per heavy atom. The van der Waals surface area contributed by atoms with E-state index in [4.69, 9.17) is 0 Å². The Labute approximate surface area is 53.9 Å². The number of halogens is 2. The number of hydrogen-bond donors (Lipinski definition) is 0. The SMILES string of the molecule is [Cl][Pd].[Li][Cl]. The Morgan fingerprint density at radius 3 is 1.25 bits per heavy atom. The van der Waals surface area contributed by atoms with E-state index in [1.807, 2.05) is 0 Å². The van der Waals surface area contributed by atoms with Crippen LogP contribution in [0.15, 0.2) is 0 Å². The second kappa shape index (κ2) is 21.1. The fraction of sp³-hybridized carbons (Fsp3) is 0. The van der Waals surface area contributed by atoms with Gasteiger partial charge in [0.25, 0.3) is 0 Å². The van der Waals surface area contributed by atoms with E-state index in [9.17, 15) is 0 Å². The maximum absolute atomic E-state index is 4.64. The Bertz CT molecular complexity index is 6.00. The molecule has 4 heavy (non-hydrogen) atoms. The van der Waals surface area contributed by atoms with E-state index in [2.05, 4.69) is 37.5 Å². The van der Waals surface area contributed by atoms with Crippen LogP contribution in [0.4, 0.5) is 0 Å².